The molecule has 0 spiro atoms. The Hall–Kier alpha value is -3.01. The summed E-state index contributed by atoms with van der Waals surface area (Å²) in [5, 5.41) is 1.98. The molecule has 1 aliphatic heterocycles. The van der Waals surface area contributed by atoms with Gasteiger partial charge in [-0.2, -0.15) is 0 Å². The average molecular weight is 330 g/mol. The van der Waals surface area contributed by atoms with Crippen molar-refractivity contribution in [2.75, 3.05) is 24.0 Å². The number of hydrazine groups is 1. The average Bonchev–Trinajstić information content (AvgIpc) is 2.68. The summed E-state index contributed by atoms with van der Waals surface area (Å²) in [6.07, 6.45) is 10.4. The number of anilines is 2. The number of pyridine rings is 1. The fourth-order valence-corrected chi connectivity index (χ4v) is 3.21. The van der Waals surface area contributed by atoms with Gasteiger partial charge >= 0.3 is 0 Å². The molecule has 4 nitrogen and oxygen atoms in total. The molecule has 0 saturated carbocycles. The minimum Gasteiger partial charge on any atom is -0.378 e. The molecule has 0 fully saturated rings. The van der Waals surface area contributed by atoms with Gasteiger partial charge in [-0.1, -0.05) is 18.2 Å². The minimum atomic E-state index is 0.902. The number of hydrogen-bond acceptors (Lipinski definition) is 4. The van der Waals surface area contributed by atoms with E-state index in [1.54, 1.807) is 0 Å². The second-order valence-electron chi connectivity index (χ2n) is 6.56. The summed E-state index contributed by atoms with van der Waals surface area (Å²) in [5.74, 6) is 0.902. The lowest BCUT2D eigenvalue weighted by Crippen LogP contribution is -2.33. The molecule has 2 aliphatic rings. The second kappa shape index (κ2) is 6.48. The van der Waals surface area contributed by atoms with Gasteiger partial charge in [-0.3, -0.25) is 5.43 Å². The van der Waals surface area contributed by atoms with Crippen molar-refractivity contribution >= 4 is 17.1 Å². The van der Waals surface area contributed by atoms with Crippen LogP contribution in [0.4, 0.5) is 11.5 Å². The summed E-state index contributed by atoms with van der Waals surface area (Å²) in [6.45, 7) is 0. The first-order valence-corrected chi connectivity index (χ1v) is 8.57. The fourth-order valence-electron chi connectivity index (χ4n) is 3.21. The number of hydrogen-bond donors (Lipinski definition) is 1. The van der Waals surface area contributed by atoms with Gasteiger partial charge in [-0.05, 0) is 65.5 Å². The highest BCUT2D eigenvalue weighted by atomic mass is 15.5. The van der Waals surface area contributed by atoms with Crippen LogP contribution in [-0.4, -0.2) is 19.1 Å². The van der Waals surface area contributed by atoms with Crippen LogP contribution in [0.5, 0.6) is 0 Å². The zero-order valence-electron chi connectivity index (χ0n) is 14.6. The molecule has 0 amide bonds. The first kappa shape index (κ1) is 15.5. The molecule has 4 heteroatoms. The highest BCUT2D eigenvalue weighted by Gasteiger charge is 2.19. The smallest absolute Gasteiger partial charge is 0.151 e. The third kappa shape index (κ3) is 3.15. The first-order chi connectivity index (χ1) is 12.2. The standard InChI is InChI=1S/C21H22N4/c1-24(2)20-7-5-6-16(13-20)17-9-10-18-15-25(23-14-19(18)12-17)21-8-3-4-11-22-21/h3-8,11-15,23H,9-10H2,1-2H3. The van der Waals surface area contributed by atoms with Gasteiger partial charge in [0.15, 0.2) is 5.82 Å². The number of aromatic nitrogens is 1. The zero-order valence-corrected chi connectivity index (χ0v) is 14.6. The van der Waals surface area contributed by atoms with Gasteiger partial charge in [0, 0.05) is 38.4 Å². The van der Waals surface area contributed by atoms with Crippen LogP contribution < -0.4 is 15.3 Å². The van der Waals surface area contributed by atoms with Crippen LogP contribution in [0.15, 0.2) is 78.3 Å². The summed E-state index contributed by atoms with van der Waals surface area (Å²) in [5.41, 5.74) is 9.84. The Kier molecular flexibility index (Phi) is 4.02. The minimum absolute atomic E-state index is 0.902. The number of fused-ring (bicyclic) bond motifs is 1. The predicted octanol–water partition coefficient (Wildman–Crippen LogP) is 4.12. The van der Waals surface area contributed by atoms with E-state index in [1.165, 1.54) is 28.0 Å². The van der Waals surface area contributed by atoms with Crippen LogP contribution in [0.1, 0.15) is 18.4 Å². The van der Waals surface area contributed by atoms with Crippen molar-refractivity contribution in [1.29, 1.82) is 0 Å². The quantitative estimate of drug-likeness (QED) is 0.917. The van der Waals surface area contributed by atoms with Crippen molar-refractivity contribution in [3.05, 3.63) is 83.8 Å². The summed E-state index contributed by atoms with van der Waals surface area (Å²) >= 11 is 0. The van der Waals surface area contributed by atoms with E-state index in [0.717, 1.165) is 18.7 Å². The lowest BCUT2D eigenvalue weighted by molar-refractivity contribution is 0.809. The van der Waals surface area contributed by atoms with Gasteiger partial charge < -0.3 is 4.90 Å². The van der Waals surface area contributed by atoms with E-state index in [9.17, 15) is 0 Å². The van der Waals surface area contributed by atoms with Gasteiger partial charge in [-0.25, -0.2) is 9.99 Å². The van der Waals surface area contributed by atoms with Crippen LogP contribution in [0, 0.1) is 0 Å². The Labute approximate surface area is 148 Å². The van der Waals surface area contributed by atoms with Crippen LogP contribution in [0.2, 0.25) is 0 Å². The van der Waals surface area contributed by atoms with Gasteiger partial charge in [0.1, 0.15) is 0 Å². The molecule has 0 saturated heterocycles. The normalized spacial score (nSPS) is 16.2. The van der Waals surface area contributed by atoms with Crippen molar-refractivity contribution in [1.82, 2.24) is 10.4 Å². The van der Waals surface area contributed by atoms with E-state index in [4.69, 9.17) is 0 Å². The van der Waals surface area contributed by atoms with Crippen LogP contribution in [-0.2, 0) is 0 Å². The Morgan fingerprint density at radius 3 is 2.72 bits per heavy atom. The Morgan fingerprint density at radius 1 is 1.04 bits per heavy atom. The number of rotatable bonds is 3. The molecule has 0 atom stereocenters. The highest BCUT2D eigenvalue weighted by Crippen LogP contribution is 2.35. The zero-order chi connectivity index (χ0) is 17.2. The van der Waals surface area contributed by atoms with Gasteiger partial charge in [-0.15, -0.1) is 0 Å². The maximum Gasteiger partial charge on any atom is 0.151 e. The number of allylic oxidation sites excluding steroid dienone is 4. The monoisotopic (exact) mass is 330 g/mol. The molecular formula is C21H22N4. The number of nitrogens with zero attached hydrogens (tertiary/aromatic N) is 3. The van der Waals surface area contributed by atoms with E-state index in [0.29, 0.717) is 0 Å². The van der Waals surface area contributed by atoms with Crippen LogP contribution in [0.3, 0.4) is 0 Å². The SMILES string of the molecule is CN(C)c1cccc(C2=CC3=CNN(c4ccccn4)C=C3CC2)c1. The maximum atomic E-state index is 4.40. The fraction of sp³-hybridized carbons (Fsp3) is 0.190. The molecule has 2 aromatic rings. The largest absolute Gasteiger partial charge is 0.378 e. The lowest BCUT2D eigenvalue weighted by Gasteiger charge is -2.29. The Balaban J connectivity index is 1.60. The molecule has 1 aliphatic carbocycles. The van der Waals surface area contributed by atoms with E-state index in [-0.39, 0.29) is 0 Å². The van der Waals surface area contributed by atoms with Crippen molar-refractivity contribution in [3.8, 4) is 0 Å². The molecule has 1 aromatic carbocycles. The lowest BCUT2D eigenvalue weighted by atomic mass is 9.87. The van der Waals surface area contributed by atoms with Gasteiger partial charge in [0.05, 0.1) is 0 Å². The van der Waals surface area contributed by atoms with E-state index < -0.39 is 0 Å². The number of benzene rings is 1. The molecule has 2 heterocycles. The van der Waals surface area contributed by atoms with Crippen molar-refractivity contribution in [3.63, 3.8) is 0 Å². The Bertz CT molecular complexity index is 862. The summed E-state index contributed by atoms with van der Waals surface area (Å²) in [4.78, 5) is 6.54. The molecule has 1 N–H and O–H groups in total. The predicted molar refractivity (Wildman–Crippen MR) is 104 cm³/mol. The molecule has 4 rings (SSSR count). The third-order valence-electron chi connectivity index (χ3n) is 4.64. The molecule has 0 radical (unpaired) electrons. The van der Waals surface area contributed by atoms with E-state index in [1.807, 2.05) is 29.4 Å². The molecule has 0 bridgehead atoms. The van der Waals surface area contributed by atoms with Crippen LogP contribution >= 0.6 is 0 Å². The summed E-state index contributed by atoms with van der Waals surface area (Å²) in [6, 6.07) is 14.7. The molecular weight excluding hydrogens is 308 g/mol. The van der Waals surface area contributed by atoms with E-state index in [2.05, 4.69) is 72.1 Å². The molecule has 1 aromatic heterocycles. The summed E-state index contributed by atoms with van der Waals surface area (Å²) in [7, 11) is 4.16. The molecule has 126 valence electrons. The highest BCUT2D eigenvalue weighted by molar-refractivity contribution is 5.75. The van der Waals surface area contributed by atoms with Crippen molar-refractivity contribution < 1.29 is 0 Å². The molecule has 25 heavy (non-hydrogen) atoms. The number of nitrogens with one attached hydrogen (secondary N) is 1. The topological polar surface area (TPSA) is 31.4 Å². The van der Waals surface area contributed by atoms with E-state index >= 15 is 0 Å². The van der Waals surface area contributed by atoms with Crippen LogP contribution in [0.25, 0.3) is 5.57 Å². The Morgan fingerprint density at radius 2 is 1.92 bits per heavy atom. The second-order valence-corrected chi connectivity index (χ2v) is 6.56. The van der Waals surface area contributed by atoms with Crippen molar-refractivity contribution in [2.24, 2.45) is 0 Å². The maximum absolute atomic E-state index is 4.40. The van der Waals surface area contributed by atoms with Crippen molar-refractivity contribution in [2.45, 2.75) is 12.8 Å². The first-order valence-electron chi connectivity index (χ1n) is 8.57. The summed E-state index contributed by atoms with van der Waals surface area (Å²) < 4.78 is 0. The molecule has 0 unspecified atom stereocenters. The van der Waals surface area contributed by atoms with Gasteiger partial charge in [0.25, 0.3) is 0 Å². The third-order valence-corrected chi connectivity index (χ3v) is 4.64. The van der Waals surface area contributed by atoms with Gasteiger partial charge in [0.2, 0.25) is 0 Å².